The molecular weight excluding hydrogens is 243 g/mol. The second kappa shape index (κ2) is 5.12. The summed E-state index contributed by atoms with van der Waals surface area (Å²) >= 11 is 0. The lowest BCUT2D eigenvalue weighted by Crippen LogP contribution is -2.38. The van der Waals surface area contributed by atoms with Crippen molar-refractivity contribution in [3.63, 3.8) is 0 Å². The monoisotopic (exact) mass is 258 g/mol. The zero-order chi connectivity index (χ0) is 13.2. The molecule has 98 valence electrons. The van der Waals surface area contributed by atoms with Crippen molar-refractivity contribution in [1.29, 1.82) is 0 Å². The average Bonchev–Trinajstić information content (AvgIpc) is 2.86. The maximum Gasteiger partial charge on any atom is 0.488 e. The fourth-order valence-electron chi connectivity index (χ4n) is 2.42. The van der Waals surface area contributed by atoms with Crippen LogP contribution in [0.1, 0.15) is 11.4 Å². The van der Waals surface area contributed by atoms with Gasteiger partial charge in [0.2, 0.25) is 0 Å². The minimum absolute atomic E-state index is 0.564. The molecule has 1 aromatic carbocycles. The number of benzene rings is 1. The van der Waals surface area contributed by atoms with Gasteiger partial charge in [-0.25, -0.2) is 0 Å². The fraction of sp³-hybridized carbons (Fsp3) is 0.333. The normalized spacial score (nSPS) is 15.3. The van der Waals surface area contributed by atoms with Crippen LogP contribution in [0.25, 0.3) is 0 Å². The van der Waals surface area contributed by atoms with Crippen molar-refractivity contribution in [1.82, 2.24) is 19.7 Å². The van der Waals surface area contributed by atoms with Crippen LogP contribution in [0.15, 0.2) is 30.6 Å². The van der Waals surface area contributed by atoms with Gasteiger partial charge in [-0.15, -0.1) is 10.2 Å². The summed E-state index contributed by atoms with van der Waals surface area (Å²) < 4.78 is 2.04. The Kier molecular flexibility index (Phi) is 3.33. The third-order valence-electron chi connectivity index (χ3n) is 3.45. The van der Waals surface area contributed by atoms with E-state index in [2.05, 4.69) is 15.1 Å². The van der Waals surface area contributed by atoms with Gasteiger partial charge in [0, 0.05) is 19.6 Å². The number of rotatable bonds is 3. The van der Waals surface area contributed by atoms with Gasteiger partial charge in [-0.3, -0.25) is 4.90 Å². The summed E-state index contributed by atoms with van der Waals surface area (Å²) in [4.78, 5) is 2.23. The van der Waals surface area contributed by atoms with E-state index in [0.29, 0.717) is 12.0 Å². The van der Waals surface area contributed by atoms with Crippen molar-refractivity contribution in [2.75, 3.05) is 6.54 Å². The van der Waals surface area contributed by atoms with Gasteiger partial charge in [-0.05, 0) is 11.0 Å². The molecule has 0 aliphatic carbocycles. The Labute approximate surface area is 111 Å². The first-order valence-electron chi connectivity index (χ1n) is 6.27. The van der Waals surface area contributed by atoms with Crippen LogP contribution in [0.5, 0.6) is 0 Å². The molecule has 0 atom stereocenters. The van der Waals surface area contributed by atoms with Gasteiger partial charge < -0.3 is 14.6 Å². The molecule has 0 spiro atoms. The summed E-state index contributed by atoms with van der Waals surface area (Å²) in [6.07, 6.45) is 1.75. The van der Waals surface area contributed by atoms with Crippen LogP contribution < -0.4 is 5.46 Å². The van der Waals surface area contributed by atoms with E-state index < -0.39 is 7.12 Å². The van der Waals surface area contributed by atoms with E-state index in [1.165, 1.54) is 0 Å². The Hall–Kier alpha value is -1.70. The SMILES string of the molecule is OB(O)c1ccccc1CN1CCn2cnnc2C1. The largest absolute Gasteiger partial charge is 0.488 e. The maximum absolute atomic E-state index is 9.37. The molecular formula is C12H15BN4O2. The van der Waals surface area contributed by atoms with Crippen molar-refractivity contribution in [2.24, 2.45) is 0 Å². The van der Waals surface area contributed by atoms with Gasteiger partial charge in [-0.2, -0.15) is 0 Å². The third kappa shape index (κ3) is 2.53. The van der Waals surface area contributed by atoms with Crippen molar-refractivity contribution in [3.05, 3.63) is 42.0 Å². The van der Waals surface area contributed by atoms with Crippen LogP contribution in [-0.2, 0) is 19.6 Å². The summed E-state index contributed by atoms with van der Waals surface area (Å²) in [7, 11) is -1.43. The second-order valence-electron chi connectivity index (χ2n) is 4.72. The highest BCUT2D eigenvalue weighted by Crippen LogP contribution is 2.12. The molecule has 0 fully saturated rings. The van der Waals surface area contributed by atoms with E-state index in [4.69, 9.17) is 0 Å². The van der Waals surface area contributed by atoms with Gasteiger partial charge >= 0.3 is 7.12 Å². The van der Waals surface area contributed by atoms with Crippen LogP contribution in [0.2, 0.25) is 0 Å². The zero-order valence-corrected chi connectivity index (χ0v) is 10.5. The van der Waals surface area contributed by atoms with E-state index in [9.17, 15) is 10.0 Å². The van der Waals surface area contributed by atoms with E-state index >= 15 is 0 Å². The fourth-order valence-corrected chi connectivity index (χ4v) is 2.42. The predicted octanol–water partition coefficient (Wildman–Crippen LogP) is -1.03. The van der Waals surface area contributed by atoms with E-state index in [1.54, 1.807) is 12.4 Å². The summed E-state index contributed by atoms with van der Waals surface area (Å²) in [6.45, 7) is 3.18. The van der Waals surface area contributed by atoms with Crippen molar-refractivity contribution in [2.45, 2.75) is 19.6 Å². The summed E-state index contributed by atoms with van der Waals surface area (Å²) in [5.74, 6) is 0.952. The minimum atomic E-state index is -1.43. The van der Waals surface area contributed by atoms with Crippen LogP contribution in [-0.4, -0.2) is 43.4 Å². The lowest BCUT2D eigenvalue weighted by Gasteiger charge is -2.27. The van der Waals surface area contributed by atoms with Crippen LogP contribution in [0.3, 0.4) is 0 Å². The molecule has 0 radical (unpaired) electrons. The quantitative estimate of drug-likeness (QED) is 0.689. The average molecular weight is 258 g/mol. The van der Waals surface area contributed by atoms with Crippen LogP contribution in [0, 0.1) is 0 Å². The molecule has 1 aliphatic heterocycles. The smallest absolute Gasteiger partial charge is 0.423 e. The number of hydrogen-bond donors (Lipinski definition) is 2. The lowest BCUT2D eigenvalue weighted by molar-refractivity contribution is 0.209. The standard InChI is InChI=1S/C12H15BN4O2/c18-13(19)11-4-2-1-3-10(11)7-16-5-6-17-9-14-15-12(17)8-16/h1-4,9,18-19H,5-8H2. The second-order valence-corrected chi connectivity index (χ2v) is 4.72. The molecule has 0 saturated heterocycles. The highest BCUT2D eigenvalue weighted by Gasteiger charge is 2.21. The molecule has 1 aromatic heterocycles. The first-order valence-corrected chi connectivity index (χ1v) is 6.27. The molecule has 2 heterocycles. The van der Waals surface area contributed by atoms with Crippen molar-refractivity contribution in [3.8, 4) is 0 Å². The summed E-state index contributed by atoms with van der Waals surface area (Å²) in [6, 6.07) is 7.39. The van der Waals surface area contributed by atoms with Gasteiger partial charge in [0.05, 0.1) is 6.54 Å². The molecule has 2 N–H and O–H groups in total. The molecule has 6 nitrogen and oxygen atoms in total. The Morgan fingerprint density at radius 2 is 2.05 bits per heavy atom. The number of fused-ring (bicyclic) bond motifs is 1. The maximum atomic E-state index is 9.37. The molecule has 0 unspecified atom stereocenters. The van der Waals surface area contributed by atoms with Crippen LogP contribution in [0.4, 0.5) is 0 Å². The van der Waals surface area contributed by atoms with E-state index in [0.717, 1.165) is 31.0 Å². The zero-order valence-electron chi connectivity index (χ0n) is 10.5. The first kappa shape index (κ1) is 12.3. The number of aromatic nitrogens is 3. The minimum Gasteiger partial charge on any atom is -0.423 e. The Balaban J connectivity index is 1.76. The molecule has 7 heteroatoms. The highest BCUT2D eigenvalue weighted by molar-refractivity contribution is 6.59. The topological polar surface area (TPSA) is 74.4 Å². The molecule has 0 amide bonds. The first-order chi connectivity index (χ1) is 9.24. The molecule has 0 bridgehead atoms. The third-order valence-corrected chi connectivity index (χ3v) is 3.45. The van der Waals surface area contributed by atoms with Gasteiger partial charge in [0.1, 0.15) is 12.2 Å². The molecule has 1 aliphatic rings. The van der Waals surface area contributed by atoms with Gasteiger partial charge in [0.15, 0.2) is 0 Å². The lowest BCUT2D eigenvalue weighted by atomic mass is 9.77. The Morgan fingerprint density at radius 1 is 1.21 bits per heavy atom. The van der Waals surface area contributed by atoms with Gasteiger partial charge in [-0.1, -0.05) is 24.3 Å². The van der Waals surface area contributed by atoms with Crippen molar-refractivity contribution < 1.29 is 10.0 Å². The predicted molar refractivity (Wildman–Crippen MR) is 70.4 cm³/mol. The highest BCUT2D eigenvalue weighted by atomic mass is 16.4. The van der Waals surface area contributed by atoms with Crippen molar-refractivity contribution >= 4 is 12.6 Å². The summed E-state index contributed by atoms with van der Waals surface area (Å²) in [5.41, 5.74) is 1.50. The Morgan fingerprint density at radius 3 is 2.89 bits per heavy atom. The van der Waals surface area contributed by atoms with E-state index in [-0.39, 0.29) is 0 Å². The van der Waals surface area contributed by atoms with Crippen LogP contribution >= 0.6 is 0 Å². The molecule has 2 aromatic rings. The van der Waals surface area contributed by atoms with Gasteiger partial charge in [0.25, 0.3) is 0 Å². The molecule has 19 heavy (non-hydrogen) atoms. The summed E-state index contributed by atoms with van der Waals surface area (Å²) in [5, 5.41) is 26.7. The number of nitrogens with zero attached hydrogens (tertiary/aromatic N) is 4. The molecule has 0 saturated carbocycles. The Bertz CT molecular complexity index is 572. The van der Waals surface area contributed by atoms with E-state index in [1.807, 2.05) is 22.8 Å². The molecule has 3 rings (SSSR count). The number of hydrogen-bond acceptors (Lipinski definition) is 5.